The van der Waals surface area contributed by atoms with Crippen molar-refractivity contribution in [1.82, 2.24) is 10.6 Å². The lowest BCUT2D eigenvalue weighted by atomic mass is 9.77. The predicted octanol–water partition coefficient (Wildman–Crippen LogP) is 1.10. The summed E-state index contributed by atoms with van der Waals surface area (Å²) in [7, 11) is 0. The normalized spacial score (nSPS) is 16.1. The summed E-state index contributed by atoms with van der Waals surface area (Å²) >= 11 is 5.80. The van der Waals surface area contributed by atoms with Gasteiger partial charge in [-0.1, -0.05) is 17.7 Å². The van der Waals surface area contributed by atoms with Gasteiger partial charge in [-0.2, -0.15) is 0 Å². The van der Waals surface area contributed by atoms with Crippen LogP contribution in [0.2, 0.25) is 5.02 Å². The van der Waals surface area contributed by atoms with E-state index in [0.717, 1.165) is 19.3 Å². The minimum Gasteiger partial charge on any atom is -0.394 e. The average Bonchev–Trinajstić information content (AvgIpc) is 2.40. The third-order valence-electron chi connectivity index (χ3n) is 3.51. The molecular weight excluding hydrogens is 280 g/mol. The molecule has 108 valence electrons. The van der Waals surface area contributed by atoms with Crippen LogP contribution in [0.5, 0.6) is 0 Å². The molecule has 20 heavy (non-hydrogen) atoms. The Bertz CT molecular complexity index is 509. The summed E-state index contributed by atoms with van der Waals surface area (Å²) in [5.74, 6) is -0.650. The first-order valence-electron chi connectivity index (χ1n) is 6.50. The predicted molar refractivity (Wildman–Crippen MR) is 75.6 cm³/mol. The molecule has 0 aliphatic heterocycles. The van der Waals surface area contributed by atoms with Gasteiger partial charge in [0.15, 0.2) is 0 Å². The van der Waals surface area contributed by atoms with E-state index in [2.05, 4.69) is 10.6 Å². The summed E-state index contributed by atoms with van der Waals surface area (Å²) < 4.78 is 0. The number of nitrogens with one attached hydrogen (secondary N) is 2. The molecule has 0 atom stereocenters. The Kier molecular flexibility index (Phi) is 4.62. The molecule has 2 rings (SSSR count). The molecule has 1 aliphatic rings. The number of hydrogen-bond acceptors (Lipinski definition) is 3. The lowest BCUT2D eigenvalue weighted by Crippen LogP contribution is -2.57. The molecule has 5 nitrogen and oxygen atoms in total. The highest BCUT2D eigenvalue weighted by molar-refractivity contribution is 6.30. The van der Waals surface area contributed by atoms with Crippen molar-refractivity contribution in [2.24, 2.45) is 0 Å². The zero-order valence-corrected chi connectivity index (χ0v) is 11.7. The van der Waals surface area contributed by atoms with E-state index in [1.165, 1.54) is 6.07 Å². The van der Waals surface area contributed by atoms with Gasteiger partial charge in [-0.15, -0.1) is 0 Å². The zero-order chi connectivity index (χ0) is 14.6. The second-order valence-corrected chi connectivity index (χ2v) is 5.47. The molecule has 3 N–H and O–H groups in total. The van der Waals surface area contributed by atoms with Crippen LogP contribution in [0.3, 0.4) is 0 Å². The molecular formula is C14H17ClN2O3. The van der Waals surface area contributed by atoms with E-state index >= 15 is 0 Å². The van der Waals surface area contributed by atoms with E-state index in [9.17, 15) is 14.7 Å². The Morgan fingerprint density at radius 2 is 2.10 bits per heavy atom. The zero-order valence-electron chi connectivity index (χ0n) is 11.0. The second-order valence-electron chi connectivity index (χ2n) is 5.03. The number of hydrogen-bond donors (Lipinski definition) is 3. The molecule has 0 heterocycles. The molecule has 0 saturated heterocycles. The first-order chi connectivity index (χ1) is 9.54. The summed E-state index contributed by atoms with van der Waals surface area (Å²) in [6, 6.07) is 6.51. The van der Waals surface area contributed by atoms with Gasteiger partial charge in [-0.05, 0) is 37.5 Å². The summed E-state index contributed by atoms with van der Waals surface area (Å²) in [5.41, 5.74) is -0.0801. The Labute approximate surface area is 122 Å². The van der Waals surface area contributed by atoms with Crippen molar-refractivity contribution < 1.29 is 14.7 Å². The van der Waals surface area contributed by atoms with Gasteiger partial charge in [-0.3, -0.25) is 9.59 Å². The van der Waals surface area contributed by atoms with E-state index in [-0.39, 0.29) is 25.0 Å². The van der Waals surface area contributed by atoms with Gasteiger partial charge in [0.1, 0.15) is 0 Å². The Morgan fingerprint density at radius 1 is 1.35 bits per heavy atom. The van der Waals surface area contributed by atoms with Crippen LogP contribution in [0.25, 0.3) is 0 Å². The van der Waals surface area contributed by atoms with Crippen molar-refractivity contribution in [3.05, 3.63) is 34.9 Å². The van der Waals surface area contributed by atoms with Gasteiger partial charge in [0.05, 0.1) is 18.7 Å². The fourth-order valence-electron chi connectivity index (χ4n) is 2.16. The highest BCUT2D eigenvalue weighted by Gasteiger charge is 2.37. The SMILES string of the molecule is O=C(CNC(=O)c1cccc(Cl)c1)NC1(CO)CCC1. The van der Waals surface area contributed by atoms with Crippen molar-refractivity contribution in [3.8, 4) is 0 Å². The molecule has 0 spiro atoms. The lowest BCUT2D eigenvalue weighted by Gasteiger charge is -2.40. The Morgan fingerprint density at radius 3 is 2.65 bits per heavy atom. The monoisotopic (exact) mass is 296 g/mol. The van der Waals surface area contributed by atoms with Crippen molar-refractivity contribution in [1.29, 1.82) is 0 Å². The van der Waals surface area contributed by atoms with E-state index in [1.54, 1.807) is 18.2 Å². The first kappa shape index (κ1) is 14.8. The fourth-order valence-corrected chi connectivity index (χ4v) is 2.35. The molecule has 1 aliphatic carbocycles. The molecule has 1 aromatic rings. The van der Waals surface area contributed by atoms with Crippen LogP contribution >= 0.6 is 11.6 Å². The van der Waals surface area contributed by atoms with E-state index < -0.39 is 5.54 Å². The lowest BCUT2D eigenvalue weighted by molar-refractivity contribution is -0.124. The van der Waals surface area contributed by atoms with Crippen LogP contribution in [-0.4, -0.2) is 35.6 Å². The van der Waals surface area contributed by atoms with E-state index in [4.69, 9.17) is 11.6 Å². The minimum absolute atomic E-state index is 0.0685. The third-order valence-corrected chi connectivity index (χ3v) is 3.75. The number of carbonyl (C=O) groups is 2. The Hall–Kier alpha value is -1.59. The average molecular weight is 297 g/mol. The summed E-state index contributed by atoms with van der Waals surface area (Å²) in [5, 5.41) is 15.0. The number of aliphatic hydroxyl groups excluding tert-OH is 1. The number of aliphatic hydroxyl groups is 1. The van der Waals surface area contributed by atoms with Crippen molar-refractivity contribution in [2.45, 2.75) is 24.8 Å². The molecule has 6 heteroatoms. The van der Waals surface area contributed by atoms with Gasteiger partial charge in [0.25, 0.3) is 5.91 Å². The van der Waals surface area contributed by atoms with Gasteiger partial charge in [0, 0.05) is 10.6 Å². The summed E-state index contributed by atoms with van der Waals surface area (Å²) in [6.07, 6.45) is 2.55. The summed E-state index contributed by atoms with van der Waals surface area (Å²) in [4.78, 5) is 23.6. The minimum atomic E-state index is -0.488. The van der Waals surface area contributed by atoms with Crippen molar-refractivity contribution >= 4 is 23.4 Å². The quantitative estimate of drug-likeness (QED) is 0.761. The third kappa shape index (κ3) is 3.49. The number of benzene rings is 1. The van der Waals surface area contributed by atoms with Crippen LogP contribution in [0, 0.1) is 0 Å². The standard InChI is InChI=1S/C14H17ClN2O3/c15-11-4-1-3-10(7-11)13(20)16-8-12(19)17-14(9-18)5-2-6-14/h1,3-4,7,18H,2,5-6,8-9H2,(H,16,20)(H,17,19). The maximum atomic E-state index is 11.8. The maximum absolute atomic E-state index is 11.8. The van der Waals surface area contributed by atoms with Crippen molar-refractivity contribution in [2.75, 3.05) is 13.2 Å². The van der Waals surface area contributed by atoms with Gasteiger partial charge < -0.3 is 15.7 Å². The number of halogens is 1. The molecule has 0 aromatic heterocycles. The number of carbonyl (C=O) groups excluding carboxylic acids is 2. The first-order valence-corrected chi connectivity index (χ1v) is 6.88. The van der Waals surface area contributed by atoms with Crippen LogP contribution in [0.4, 0.5) is 0 Å². The summed E-state index contributed by atoms with van der Waals surface area (Å²) in [6.45, 7) is -0.186. The molecule has 1 fully saturated rings. The van der Waals surface area contributed by atoms with Gasteiger partial charge >= 0.3 is 0 Å². The smallest absolute Gasteiger partial charge is 0.251 e. The molecule has 2 amide bonds. The molecule has 0 radical (unpaired) electrons. The number of rotatable bonds is 5. The molecule has 1 saturated carbocycles. The Balaban J connectivity index is 1.83. The van der Waals surface area contributed by atoms with Crippen LogP contribution in [0.1, 0.15) is 29.6 Å². The van der Waals surface area contributed by atoms with E-state index in [1.807, 2.05) is 0 Å². The van der Waals surface area contributed by atoms with Crippen LogP contribution in [0.15, 0.2) is 24.3 Å². The van der Waals surface area contributed by atoms with Gasteiger partial charge in [0.2, 0.25) is 5.91 Å². The second kappa shape index (κ2) is 6.24. The van der Waals surface area contributed by atoms with Gasteiger partial charge in [-0.25, -0.2) is 0 Å². The van der Waals surface area contributed by atoms with Crippen LogP contribution in [-0.2, 0) is 4.79 Å². The van der Waals surface area contributed by atoms with E-state index in [0.29, 0.717) is 10.6 Å². The molecule has 0 bridgehead atoms. The molecule has 0 unspecified atom stereocenters. The fraction of sp³-hybridized carbons (Fsp3) is 0.429. The highest BCUT2D eigenvalue weighted by atomic mass is 35.5. The van der Waals surface area contributed by atoms with Crippen LogP contribution < -0.4 is 10.6 Å². The maximum Gasteiger partial charge on any atom is 0.251 e. The molecule has 1 aromatic carbocycles. The van der Waals surface area contributed by atoms with Crippen molar-refractivity contribution in [3.63, 3.8) is 0 Å². The topological polar surface area (TPSA) is 78.4 Å². The highest BCUT2D eigenvalue weighted by Crippen LogP contribution is 2.30. The largest absolute Gasteiger partial charge is 0.394 e. The number of amides is 2.